The maximum Gasteiger partial charge on any atom is 0.525 e. The predicted molar refractivity (Wildman–Crippen MR) is 99.1 cm³/mol. The molecule has 0 bridgehead atoms. The van der Waals surface area contributed by atoms with Crippen molar-refractivity contribution in [2.24, 2.45) is 4.88 Å². The van der Waals surface area contributed by atoms with E-state index < -0.39 is 7.75 Å². The molecular formula is C18H22N3O3P. The van der Waals surface area contributed by atoms with Crippen molar-refractivity contribution in [3.05, 3.63) is 70.1 Å². The summed E-state index contributed by atoms with van der Waals surface area (Å²) in [5.74, 6) is 1.07. The zero-order chi connectivity index (χ0) is 18.4. The molecule has 25 heavy (non-hydrogen) atoms. The Morgan fingerprint density at radius 3 is 1.64 bits per heavy atom. The number of azide groups is 1. The van der Waals surface area contributed by atoms with E-state index in [1.807, 2.05) is 52.0 Å². The van der Waals surface area contributed by atoms with Gasteiger partial charge in [0.25, 0.3) is 0 Å². The minimum absolute atomic E-state index is 0.152. The second-order valence-electron chi connectivity index (χ2n) is 6.22. The van der Waals surface area contributed by atoms with E-state index in [-0.39, 0.29) is 11.8 Å². The molecule has 0 aliphatic rings. The Kier molecular flexibility index (Phi) is 6.13. The number of hydrogen-bond donors (Lipinski definition) is 0. The average molecular weight is 359 g/mol. The van der Waals surface area contributed by atoms with Crippen molar-refractivity contribution in [1.29, 1.82) is 0 Å². The van der Waals surface area contributed by atoms with Gasteiger partial charge in [0, 0.05) is 9.80 Å². The van der Waals surface area contributed by atoms with Gasteiger partial charge in [0.15, 0.2) is 0 Å². The van der Waals surface area contributed by atoms with Crippen molar-refractivity contribution < 1.29 is 13.6 Å². The van der Waals surface area contributed by atoms with E-state index in [1.54, 1.807) is 24.3 Å². The highest BCUT2D eigenvalue weighted by atomic mass is 31.2. The normalized spacial score (nSPS) is 11.3. The Balaban J connectivity index is 2.41. The Hall–Kier alpha value is -2.42. The lowest BCUT2D eigenvalue weighted by Crippen LogP contribution is -2.03. The van der Waals surface area contributed by atoms with Crippen molar-refractivity contribution in [2.75, 3.05) is 0 Å². The van der Waals surface area contributed by atoms with Gasteiger partial charge in [-0.15, -0.1) is 0 Å². The monoisotopic (exact) mass is 359 g/mol. The first-order chi connectivity index (χ1) is 11.9. The molecule has 6 nitrogen and oxygen atoms in total. The molecule has 0 aromatic heterocycles. The van der Waals surface area contributed by atoms with Gasteiger partial charge in [-0.2, -0.15) is 0 Å². The van der Waals surface area contributed by atoms with E-state index in [4.69, 9.17) is 14.6 Å². The van der Waals surface area contributed by atoms with E-state index in [1.165, 1.54) is 0 Å². The summed E-state index contributed by atoms with van der Waals surface area (Å²) in [5, 5.41) is 0. The Morgan fingerprint density at radius 1 is 0.880 bits per heavy atom. The Morgan fingerprint density at radius 2 is 1.28 bits per heavy atom. The van der Waals surface area contributed by atoms with Crippen molar-refractivity contribution in [2.45, 2.75) is 39.5 Å². The molecule has 0 N–H and O–H groups in total. The van der Waals surface area contributed by atoms with E-state index in [0.717, 1.165) is 11.1 Å². The smallest absolute Gasteiger partial charge is 0.411 e. The quantitative estimate of drug-likeness (QED) is 0.235. The topological polar surface area (TPSA) is 84.3 Å². The van der Waals surface area contributed by atoms with Crippen molar-refractivity contribution in [3.8, 4) is 11.5 Å². The SMILES string of the molecule is CC(C)c1ccccc1OP(=O)(N=[N+]=[N-])Oc1ccccc1C(C)C. The predicted octanol–water partition coefficient (Wildman–Crippen LogP) is 6.81. The molecule has 0 amide bonds. The first kappa shape index (κ1) is 18.9. The van der Waals surface area contributed by atoms with Crippen LogP contribution in [0.2, 0.25) is 0 Å². The lowest BCUT2D eigenvalue weighted by atomic mass is 10.0. The van der Waals surface area contributed by atoms with Crippen LogP contribution in [0.15, 0.2) is 53.4 Å². The molecule has 0 heterocycles. The molecule has 0 saturated carbocycles. The highest BCUT2D eigenvalue weighted by Crippen LogP contribution is 2.52. The van der Waals surface area contributed by atoms with E-state index in [0.29, 0.717) is 11.5 Å². The third-order valence-electron chi connectivity index (χ3n) is 3.66. The first-order valence-electron chi connectivity index (χ1n) is 8.10. The van der Waals surface area contributed by atoms with Gasteiger partial charge in [-0.3, -0.25) is 0 Å². The van der Waals surface area contributed by atoms with Gasteiger partial charge in [0.1, 0.15) is 11.5 Å². The van der Waals surface area contributed by atoms with Crippen LogP contribution in [0.25, 0.3) is 10.4 Å². The molecule has 2 aromatic rings. The average Bonchev–Trinajstić information content (AvgIpc) is 2.55. The molecular weight excluding hydrogens is 337 g/mol. The second-order valence-corrected chi connectivity index (χ2v) is 7.70. The number of para-hydroxylation sites is 2. The van der Waals surface area contributed by atoms with Crippen molar-refractivity contribution in [1.82, 2.24) is 0 Å². The van der Waals surface area contributed by atoms with Gasteiger partial charge in [-0.25, -0.2) is 4.57 Å². The summed E-state index contributed by atoms with van der Waals surface area (Å²) < 4.78 is 24.2. The Bertz CT molecular complexity index is 772. The number of benzene rings is 2. The molecule has 0 fully saturated rings. The van der Waals surface area contributed by atoms with Crippen LogP contribution in [0.3, 0.4) is 0 Å². The summed E-state index contributed by atoms with van der Waals surface area (Å²) in [6.07, 6.45) is 0. The summed E-state index contributed by atoms with van der Waals surface area (Å²) in [7, 11) is -4.09. The van der Waals surface area contributed by atoms with Gasteiger partial charge >= 0.3 is 7.75 Å². The van der Waals surface area contributed by atoms with Crippen LogP contribution < -0.4 is 9.05 Å². The molecule has 132 valence electrons. The highest BCUT2D eigenvalue weighted by molar-refractivity contribution is 7.53. The van der Waals surface area contributed by atoms with Crippen LogP contribution in [0.5, 0.6) is 11.5 Å². The zero-order valence-corrected chi connectivity index (χ0v) is 15.7. The summed E-state index contributed by atoms with van der Waals surface area (Å²) >= 11 is 0. The number of rotatable bonds is 7. The zero-order valence-electron chi connectivity index (χ0n) is 14.8. The summed E-state index contributed by atoms with van der Waals surface area (Å²) in [5.41, 5.74) is 10.6. The molecule has 0 aliphatic heterocycles. The van der Waals surface area contributed by atoms with E-state index in [9.17, 15) is 4.57 Å². The molecule has 0 radical (unpaired) electrons. The summed E-state index contributed by atoms with van der Waals surface area (Å²) in [6, 6.07) is 14.4. The molecule has 0 atom stereocenters. The minimum Gasteiger partial charge on any atom is -0.411 e. The van der Waals surface area contributed by atoms with Crippen LogP contribution >= 0.6 is 7.75 Å². The molecule has 0 spiro atoms. The van der Waals surface area contributed by atoms with Gasteiger partial charge in [-0.05, 0) is 40.6 Å². The van der Waals surface area contributed by atoms with Gasteiger partial charge in [-0.1, -0.05) is 64.1 Å². The fourth-order valence-electron chi connectivity index (χ4n) is 2.43. The van der Waals surface area contributed by atoms with Crippen LogP contribution in [0.1, 0.15) is 50.7 Å². The third kappa shape index (κ3) is 4.79. The largest absolute Gasteiger partial charge is 0.525 e. The highest BCUT2D eigenvalue weighted by Gasteiger charge is 2.29. The second kappa shape index (κ2) is 8.11. The summed E-state index contributed by atoms with van der Waals surface area (Å²) in [4.78, 5) is 6.00. The fraction of sp³-hybridized carbons (Fsp3) is 0.333. The van der Waals surface area contributed by atoms with E-state index >= 15 is 0 Å². The third-order valence-corrected chi connectivity index (χ3v) is 4.81. The lowest BCUT2D eigenvalue weighted by molar-refractivity contribution is 0.382. The number of hydrogen-bond acceptors (Lipinski definition) is 3. The van der Waals surface area contributed by atoms with Crippen LogP contribution in [0.4, 0.5) is 0 Å². The van der Waals surface area contributed by atoms with E-state index in [2.05, 4.69) is 9.80 Å². The van der Waals surface area contributed by atoms with Crippen LogP contribution in [-0.4, -0.2) is 0 Å². The molecule has 7 heteroatoms. The van der Waals surface area contributed by atoms with Crippen LogP contribution in [0, 0.1) is 0 Å². The maximum absolute atomic E-state index is 13.0. The van der Waals surface area contributed by atoms with Gasteiger partial charge in [0.05, 0.1) is 0 Å². The Labute approximate surface area is 148 Å². The molecule has 0 aliphatic carbocycles. The van der Waals surface area contributed by atoms with Gasteiger partial charge < -0.3 is 9.05 Å². The lowest BCUT2D eigenvalue weighted by Gasteiger charge is -2.20. The summed E-state index contributed by atoms with van der Waals surface area (Å²) in [6.45, 7) is 7.98. The molecule has 2 aromatic carbocycles. The maximum atomic E-state index is 13.0. The fourth-order valence-corrected chi connectivity index (χ4v) is 3.47. The van der Waals surface area contributed by atoms with Crippen molar-refractivity contribution >= 4 is 7.75 Å². The van der Waals surface area contributed by atoms with Gasteiger partial charge in [0.2, 0.25) is 0 Å². The number of nitrogens with zero attached hydrogens (tertiary/aromatic N) is 3. The molecule has 0 unspecified atom stereocenters. The van der Waals surface area contributed by atoms with Crippen LogP contribution in [-0.2, 0) is 4.57 Å². The first-order valence-corrected chi connectivity index (χ1v) is 9.59. The molecule has 2 rings (SSSR count). The molecule has 0 saturated heterocycles. The standard InChI is InChI=1S/C18H22N3O3P/c1-13(2)15-9-5-7-11-17(15)23-25(22,21-20-19)24-18-12-8-6-10-16(18)14(3)4/h5-14H,1-4H3. The van der Waals surface area contributed by atoms with Crippen molar-refractivity contribution in [3.63, 3.8) is 0 Å². The minimum atomic E-state index is -4.09.